The molecule has 0 saturated heterocycles. The van der Waals surface area contributed by atoms with Gasteiger partial charge in [0.1, 0.15) is 6.61 Å². The molecule has 0 aliphatic carbocycles. The van der Waals surface area contributed by atoms with Gasteiger partial charge < -0.3 is 9.64 Å². The van der Waals surface area contributed by atoms with Gasteiger partial charge in [-0.25, -0.2) is 4.99 Å². The Bertz CT molecular complexity index is 183. The van der Waals surface area contributed by atoms with Crippen molar-refractivity contribution in [2.24, 2.45) is 4.99 Å². The first-order valence-electron chi connectivity index (χ1n) is 4.46. The minimum absolute atomic E-state index is 0.734. The lowest BCUT2D eigenvalue weighted by Gasteiger charge is -2.14. The van der Waals surface area contributed by atoms with Gasteiger partial charge >= 0.3 is 0 Å². The highest BCUT2D eigenvalue weighted by Crippen LogP contribution is 1.96. The molecule has 1 aliphatic rings. The molecule has 0 aromatic carbocycles. The van der Waals surface area contributed by atoms with Crippen molar-refractivity contribution in [1.82, 2.24) is 4.90 Å². The van der Waals surface area contributed by atoms with Crippen molar-refractivity contribution in [3.8, 4) is 0 Å². The van der Waals surface area contributed by atoms with Crippen LogP contribution in [0.15, 0.2) is 17.3 Å². The molecule has 0 spiro atoms. The zero-order chi connectivity index (χ0) is 8.81. The summed E-state index contributed by atoms with van der Waals surface area (Å²) in [5.41, 5.74) is 0. The Hall–Kier alpha value is -0.990. The zero-order valence-corrected chi connectivity index (χ0v) is 7.79. The molecule has 0 amide bonds. The van der Waals surface area contributed by atoms with Crippen LogP contribution in [0.2, 0.25) is 0 Å². The van der Waals surface area contributed by atoms with Crippen LogP contribution in [0.5, 0.6) is 0 Å². The highest BCUT2D eigenvalue weighted by molar-refractivity contribution is 5.88. The molecule has 0 aromatic heterocycles. The SMILES string of the molecule is CCN(/C=C/C1=NCCO1)CC. The minimum Gasteiger partial charge on any atom is -0.476 e. The number of ether oxygens (including phenoxy) is 1. The van der Waals surface area contributed by atoms with E-state index in [-0.39, 0.29) is 0 Å². The summed E-state index contributed by atoms with van der Waals surface area (Å²) < 4.78 is 5.23. The third-order valence-corrected chi connectivity index (χ3v) is 1.85. The molecule has 0 N–H and O–H groups in total. The van der Waals surface area contributed by atoms with Gasteiger partial charge in [0.2, 0.25) is 5.90 Å². The molecule has 12 heavy (non-hydrogen) atoms. The van der Waals surface area contributed by atoms with Gasteiger partial charge in [-0.1, -0.05) is 0 Å². The third-order valence-electron chi connectivity index (χ3n) is 1.85. The highest BCUT2D eigenvalue weighted by Gasteiger charge is 2.02. The van der Waals surface area contributed by atoms with Gasteiger partial charge in [0, 0.05) is 25.4 Å². The van der Waals surface area contributed by atoms with E-state index in [1.54, 1.807) is 0 Å². The molecule has 0 fully saturated rings. The average molecular weight is 168 g/mol. The van der Waals surface area contributed by atoms with Crippen molar-refractivity contribution in [1.29, 1.82) is 0 Å². The summed E-state index contributed by atoms with van der Waals surface area (Å²) >= 11 is 0. The molecule has 3 heteroatoms. The third kappa shape index (κ3) is 2.57. The maximum absolute atomic E-state index is 5.23. The van der Waals surface area contributed by atoms with Gasteiger partial charge in [0.05, 0.1) is 6.54 Å². The van der Waals surface area contributed by atoms with Crippen LogP contribution in [0.1, 0.15) is 13.8 Å². The number of hydrogen-bond acceptors (Lipinski definition) is 3. The molecule has 0 atom stereocenters. The summed E-state index contributed by atoms with van der Waals surface area (Å²) in [4.78, 5) is 6.36. The quantitative estimate of drug-likeness (QED) is 0.631. The fourth-order valence-electron chi connectivity index (χ4n) is 1.06. The van der Waals surface area contributed by atoms with Crippen LogP contribution in [-0.4, -0.2) is 37.0 Å². The molecule has 0 bridgehead atoms. The second-order valence-electron chi connectivity index (χ2n) is 2.61. The van der Waals surface area contributed by atoms with Crippen LogP contribution < -0.4 is 0 Å². The van der Waals surface area contributed by atoms with E-state index >= 15 is 0 Å². The number of hydrogen-bond donors (Lipinski definition) is 0. The lowest BCUT2D eigenvalue weighted by Crippen LogP contribution is -2.15. The topological polar surface area (TPSA) is 24.8 Å². The van der Waals surface area contributed by atoms with E-state index in [1.165, 1.54) is 0 Å². The summed E-state index contributed by atoms with van der Waals surface area (Å²) in [6.45, 7) is 7.85. The Morgan fingerprint density at radius 2 is 2.25 bits per heavy atom. The molecule has 0 radical (unpaired) electrons. The van der Waals surface area contributed by atoms with Gasteiger partial charge in [0.25, 0.3) is 0 Å². The maximum Gasteiger partial charge on any atom is 0.210 e. The zero-order valence-electron chi connectivity index (χ0n) is 7.79. The van der Waals surface area contributed by atoms with Crippen LogP contribution in [0.4, 0.5) is 0 Å². The summed E-state index contributed by atoms with van der Waals surface area (Å²) in [7, 11) is 0. The Labute approximate surface area is 73.7 Å². The predicted molar refractivity (Wildman–Crippen MR) is 50.3 cm³/mol. The molecule has 0 saturated carbocycles. The van der Waals surface area contributed by atoms with E-state index in [0.717, 1.165) is 32.1 Å². The van der Waals surface area contributed by atoms with E-state index in [2.05, 4.69) is 23.7 Å². The second-order valence-corrected chi connectivity index (χ2v) is 2.61. The predicted octanol–water partition coefficient (Wildman–Crippen LogP) is 1.27. The van der Waals surface area contributed by atoms with Crippen molar-refractivity contribution in [2.45, 2.75) is 13.8 Å². The van der Waals surface area contributed by atoms with Gasteiger partial charge in [-0.05, 0) is 13.8 Å². The van der Waals surface area contributed by atoms with Crippen molar-refractivity contribution in [3.63, 3.8) is 0 Å². The van der Waals surface area contributed by atoms with Crippen LogP contribution in [0.3, 0.4) is 0 Å². The summed E-state index contributed by atoms with van der Waals surface area (Å²) in [5, 5.41) is 0. The molecule has 1 rings (SSSR count). The van der Waals surface area contributed by atoms with Crippen LogP contribution >= 0.6 is 0 Å². The van der Waals surface area contributed by atoms with Crippen LogP contribution in [-0.2, 0) is 4.74 Å². The van der Waals surface area contributed by atoms with Crippen molar-refractivity contribution in [3.05, 3.63) is 12.3 Å². The highest BCUT2D eigenvalue weighted by atomic mass is 16.5. The van der Waals surface area contributed by atoms with Crippen LogP contribution in [0, 0.1) is 0 Å². The lowest BCUT2D eigenvalue weighted by atomic mass is 10.5. The molecule has 0 unspecified atom stereocenters. The molecule has 0 aromatic rings. The first kappa shape index (κ1) is 9.10. The first-order valence-corrected chi connectivity index (χ1v) is 4.46. The van der Waals surface area contributed by atoms with E-state index in [1.807, 2.05) is 12.3 Å². The Kier molecular flexibility index (Phi) is 3.64. The minimum atomic E-state index is 0.734. The maximum atomic E-state index is 5.23. The Morgan fingerprint density at radius 1 is 1.50 bits per heavy atom. The van der Waals surface area contributed by atoms with Crippen LogP contribution in [0.25, 0.3) is 0 Å². The molecular formula is C9H16N2O. The summed E-state index contributed by atoms with van der Waals surface area (Å²) in [6.07, 6.45) is 3.96. The van der Waals surface area contributed by atoms with Gasteiger partial charge in [-0.2, -0.15) is 0 Å². The lowest BCUT2D eigenvalue weighted by molar-refractivity contribution is 0.348. The first-order chi connectivity index (χ1) is 5.86. The molecule has 3 nitrogen and oxygen atoms in total. The molecule has 1 aliphatic heterocycles. The van der Waals surface area contributed by atoms with Gasteiger partial charge in [0.15, 0.2) is 0 Å². The molecule has 1 heterocycles. The number of nitrogens with zero attached hydrogens (tertiary/aromatic N) is 2. The summed E-state index contributed by atoms with van der Waals surface area (Å²) in [6, 6.07) is 0. The monoisotopic (exact) mass is 168 g/mol. The van der Waals surface area contributed by atoms with Crippen molar-refractivity contribution >= 4 is 5.90 Å². The largest absolute Gasteiger partial charge is 0.476 e. The summed E-state index contributed by atoms with van der Waals surface area (Å²) in [5.74, 6) is 0.766. The number of aliphatic imine (C=N–C) groups is 1. The second kappa shape index (κ2) is 4.80. The average Bonchev–Trinajstić information content (AvgIpc) is 2.59. The fourth-order valence-corrected chi connectivity index (χ4v) is 1.06. The normalized spacial score (nSPS) is 16.3. The van der Waals surface area contributed by atoms with E-state index in [4.69, 9.17) is 4.74 Å². The Balaban J connectivity index is 2.36. The van der Waals surface area contributed by atoms with E-state index in [0.29, 0.717) is 0 Å². The number of rotatable bonds is 4. The Morgan fingerprint density at radius 3 is 2.75 bits per heavy atom. The van der Waals surface area contributed by atoms with Crippen molar-refractivity contribution < 1.29 is 4.74 Å². The standard InChI is InChI=1S/C9H16N2O/c1-3-11(4-2)7-5-9-10-6-8-12-9/h5,7H,3-4,6,8H2,1-2H3/b7-5+. The molecular weight excluding hydrogens is 152 g/mol. The van der Waals surface area contributed by atoms with Crippen molar-refractivity contribution in [2.75, 3.05) is 26.2 Å². The fraction of sp³-hybridized carbons (Fsp3) is 0.667. The van der Waals surface area contributed by atoms with E-state index in [9.17, 15) is 0 Å². The smallest absolute Gasteiger partial charge is 0.210 e. The molecule has 68 valence electrons. The van der Waals surface area contributed by atoms with Gasteiger partial charge in [-0.15, -0.1) is 0 Å². The van der Waals surface area contributed by atoms with Gasteiger partial charge in [-0.3, -0.25) is 0 Å². The van der Waals surface area contributed by atoms with E-state index < -0.39 is 0 Å².